The molecule has 0 rings (SSSR count). The minimum Gasteiger partial charge on any atom is -0.309 e. The molecule has 2 atom stereocenters. The number of rotatable bonds is 7. The summed E-state index contributed by atoms with van der Waals surface area (Å²) in [7, 11) is 8.69. The normalized spacial score (nSPS) is 16.3. The van der Waals surface area contributed by atoms with Gasteiger partial charge in [-0.1, -0.05) is 26.7 Å². The quantitative estimate of drug-likeness (QED) is 0.621. The van der Waals surface area contributed by atoms with Gasteiger partial charge in [-0.3, -0.25) is 0 Å². The third kappa shape index (κ3) is 5.61. The second-order valence-electron chi connectivity index (χ2n) is 4.86. The standard InChI is InChI=1S/C12H28N2/c1-7-11(9-13(3)4)12(8-2)10-14(5)6/h11-12H,7-10H2,1-6H3. The monoisotopic (exact) mass is 200 g/mol. The Morgan fingerprint density at radius 1 is 0.714 bits per heavy atom. The average Bonchev–Trinajstić information content (AvgIpc) is 2.10. The van der Waals surface area contributed by atoms with Crippen molar-refractivity contribution >= 4 is 0 Å². The Hall–Kier alpha value is -0.0800. The van der Waals surface area contributed by atoms with Gasteiger partial charge in [-0.25, -0.2) is 0 Å². The molecule has 0 N–H and O–H groups in total. The summed E-state index contributed by atoms with van der Waals surface area (Å²) in [6, 6.07) is 0. The van der Waals surface area contributed by atoms with Gasteiger partial charge in [-0.2, -0.15) is 0 Å². The van der Waals surface area contributed by atoms with Crippen molar-refractivity contribution in [3.05, 3.63) is 0 Å². The second-order valence-corrected chi connectivity index (χ2v) is 4.86. The molecule has 0 radical (unpaired) electrons. The van der Waals surface area contributed by atoms with Gasteiger partial charge in [-0.05, 0) is 40.0 Å². The lowest BCUT2D eigenvalue weighted by molar-refractivity contribution is 0.192. The third-order valence-electron chi connectivity index (χ3n) is 2.91. The van der Waals surface area contributed by atoms with E-state index < -0.39 is 0 Å². The van der Waals surface area contributed by atoms with Crippen molar-refractivity contribution in [2.75, 3.05) is 41.3 Å². The third-order valence-corrected chi connectivity index (χ3v) is 2.91. The van der Waals surface area contributed by atoms with Gasteiger partial charge in [0, 0.05) is 13.1 Å². The van der Waals surface area contributed by atoms with Gasteiger partial charge in [0.2, 0.25) is 0 Å². The van der Waals surface area contributed by atoms with Crippen LogP contribution in [-0.4, -0.2) is 51.1 Å². The van der Waals surface area contributed by atoms with Gasteiger partial charge in [0.05, 0.1) is 0 Å². The Labute approximate surface area is 90.3 Å². The molecule has 0 bridgehead atoms. The molecule has 0 aliphatic carbocycles. The van der Waals surface area contributed by atoms with Crippen molar-refractivity contribution in [3.8, 4) is 0 Å². The molecule has 0 fully saturated rings. The molecule has 0 amide bonds. The van der Waals surface area contributed by atoms with Crippen LogP contribution in [0.3, 0.4) is 0 Å². The molecule has 2 unspecified atom stereocenters. The Bertz CT molecular complexity index is 116. The lowest BCUT2D eigenvalue weighted by Gasteiger charge is -2.30. The zero-order valence-electron chi connectivity index (χ0n) is 10.9. The molecule has 0 aliphatic rings. The minimum atomic E-state index is 0.845. The van der Waals surface area contributed by atoms with Crippen LogP contribution in [0.15, 0.2) is 0 Å². The molecule has 0 spiro atoms. The van der Waals surface area contributed by atoms with Crippen LogP contribution in [0.1, 0.15) is 26.7 Å². The summed E-state index contributed by atoms with van der Waals surface area (Å²) < 4.78 is 0. The van der Waals surface area contributed by atoms with Gasteiger partial charge >= 0.3 is 0 Å². The number of nitrogens with zero attached hydrogens (tertiary/aromatic N) is 2. The fourth-order valence-electron chi connectivity index (χ4n) is 2.16. The molecule has 0 heterocycles. The lowest BCUT2D eigenvalue weighted by Crippen LogP contribution is -2.33. The molecule has 0 aromatic carbocycles. The molecule has 0 aromatic rings. The molecule has 14 heavy (non-hydrogen) atoms. The van der Waals surface area contributed by atoms with Gasteiger partial charge in [0.15, 0.2) is 0 Å². The van der Waals surface area contributed by atoms with E-state index in [1.165, 1.54) is 25.9 Å². The van der Waals surface area contributed by atoms with Crippen LogP contribution in [0.5, 0.6) is 0 Å². The Morgan fingerprint density at radius 2 is 1.00 bits per heavy atom. The first-order chi connectivity index (χ1) is 6.51. The van der Waals surface area contributed by atoms with Gasteiger partial charge < -0.3 is 9.80 Å². The molecule has 2 nitrogen and oxygen atoms in total. The Kier molecular flexibility index (Phi) is 7.20. The van der Waals surface area contributed by atoms with Gasteiger partial charge in [0.25, 0.3) is 0 Å². The van der Waals surface area contributed by atoms with E-state index in [1.54, 1.807) is 0 Å². The van der Waals surface area contributed by atoms with E-state index in [2.05, 4.69) is 51.8 Å². The molecular weight excluding hydrogens is 172 g/mol. The molecule has 0 saturated carbocycles. The van der Waals surface area contributed by atoms with E-state index in [0.717, 1.165) is 11.8 Å². The van der Waals surface area contributed by atoms with Crippen LogP contribution in [0.2, 0.25) is 0 Å². The Balaban J connectivity index is 4.14. The zero-order chi connectivity index (χ0) is 11.1. The average molecular weight is 200 g/mol. The summed E-state index contributed by atoms with van der Waals surface area (Å²) in [4.78, 5) is 4.62. The van der Waals surface area contributed by atoms with Crippen LogP contribution >= 0.6 is 0 Å². The largest absolute Gasteiger partial charge is 0.309 e. The fourth-order valence-corrected chi connectivity index (χ4v) is 2.16. The summed E-state index contributed by atoms with van der Waals surface area (Å²) in [6.45, 7) is 7.07. The molecule has 86 valence electrons. The molecular formula is C12H28N2. The van der Waals surface area contributed by atoms with Crippen molar-refractivity contribution in [1.82, 2.24) is 9.80 Å². The molecule has 2 heteroatoms. The van der Waals surface area contributed by atoms with Crippen molar-refractivity contribution in [1.29, 1.82) is 0 Å². The molecule has 0 aromatic heterocycles. The Morgan fingerprint density at radius 3 is 1.14 bits per heavy atom. The predicted octanol–water partition coefficient (Wildman–Crippen LogP) is 2.16. The highest BCUT2D eigenvalue weighted by molar-refractivity contribution is 4.72. The van der Waals surface area contributed by atoms with Crippen LogP contribution < -0.4 is 0 Å². The molecule has 0 saturated heterocycles. The van der Waals surface area contributed by atoms with E-state index in [0.29, 0.717) is 0 Å². The van der Waals surface area contributed by atoms with E-state index in [4.69, 9.17) is 0 Å². The van der Waals surface area contributed by atoms with Crippen molar-refractivity contribution in [2.24, 2.45) is 11.8 Å². The van der Waals surface area contributed by atoms with Crippen LogP contribution in [0.25, 0.3) is 0 Å². The number of hydrogen-bond acceptors (Lipinski definition) is 2. The van der Waals surface area contributed by atoms with E-state index in [-0.39, 0.29) is 0 Å². The number of hydrogen-bond donors (Lipinski definition) is 0. The second kappa shape index (κ2) is 7.24. The van der Waals surface area contributed by atoms with Crippen molar-refractivity contribution in [2.45, 2.75) is 26.7 Å². The SMILES string of the molecule is CCC(CN(C)C)C(CC)CN(C)C. The van der Waals surface area contributed by atoms with Crippen LogP contribution in [0.4, 0.5) is 0 Å². The van der Waals surface area contributed by atoms with E-state index >= 15 is 0 Å². The van der Waals surface area contributed by atoms with E-state index in [1.807, 2.05) is 0 Å². The predicted molar refractivity (Wildman–Crippen MR) is 64.7 cm³/mol. The van der Waals surface area contributed by atoms with Crippen LogP contribution in [-0.2, 0) is 0 Å². The maximum absolute atomic E-state index is 2.31. The maximum atomic E-state index is 2.31. The highest BCUT2D eigenvalue weighted by atomic mass is 15.1. The topological polar surface area (TPSA) is 6.48 Å². The summed E-state index contributed by atoms with van der Waals surface area (Å²) in [6.07, 6.45) is 2.59. The zero-order valence-corrected chi connectivity index (χ0v) is 10.9. The fraction of sp³-hybridized carbons (Fsp3) is 1.00. The van der Waals surface area contributed by atoms with Crippen molar-refractivity contribution in [3.63, 3.8) is 0 Å². The first kappa shape index (κ1) is 13.9. The van der Waals surface area contributed by atoms with Gasteiger partial charge in [0.1, 0.15) is 0 Å². The smallest absolute Gasteiger partial charge is 0.000658 e. The van der Waals surface area contributed by atoms with E-state index in [9.17, 15) is 0 Å². The summed E-state index contributed by atoms with van der Waals surface area (Å²) in [5.41, 5.74) is 0. The first-order valence-electron chi connectivity index (χ1n) is 5.80. The van der Waals surface area contributed by atoms with Crippen molar-refractivity contribution < 1.29 is 0 Å². The minimum absolute atomic E-state index is 0.845. The first-order valence-corrected chi connectivity index (χ1v) is 5.80. The van der Waals surface area contributed by atoms with Crippen LogP contribution in [0, 0.1) is 11.8 Å². The molecule has 0 aliphatic heterocycles. The highest BCUT2D eigenvalue weighted by Crippen LogP contribution is 2.20. The summed E-state index contributed by atoms with van der Waals surface area (Å²) >= 11 is 0. The highest BCUT2D eigenvalue weighted by Gasteiger charge is 2.19. The van der Waals surface area contributed by atoms with Gasteiger partial charge in [-0.15, -0.1) is 0 Å². The maximum Gasteiger partial charge on any atom is 0.000658 e. The summed E-state index contributed by atoms with van der Waals surface area (Å²) in [5, 5.41) is 0. The lowest BCUT2D eigenvalue weighted by atomic mass is 9.87. The summed E-state index contributed by atoms with van der Waals surface area (Å²) in [5.74, 6) is 1.69.